The van der Waals surface area contributed by atoms with E-state index < -0.39 is 0 Å². The summed E-state index contributed by atoms with van der Waals surface area (Å²) in [4.78, 5) is 4.25. The van der Waals surface area contributed by atoms with Crippen molar-refractivity contribution in [1.29, 1.82) is 0 Å². The molecule has 1 heterocycles. The Labute approximate surface area is 99.3 Å². The van der Waals surface area contributed by atoms with Gasteiger partial charge in [0, 0.05) is 10.9 Å². The van der Waals surface area contributed by atoms with Gasteiger partial charge in [-0.25, -0.2) is 4.98 Å². The van der Waals surface area contributed by atoms with Gasteiger partial charge in [-0.15, -0.1) is 0 Å². The molecule has 0 atom stereocenters. The van der Waals surface area contributed by atoms with Crippen molar-refractivity contribution in [3.63, 3.8) is 0 Å². The second-order valence-electron chi connectivity index (χ2n) is 2.80. The van der Waals surface area contributed by atoms with Gasteiger partial charge in [-0.2, -0.15) is 0 Å². The number of fused-ring (bicyclic) bond motifs is 1. The largest absolute Gasteiger partial charge is 0.439 e. The van der Waals surface area contributed by atoms with Crippen LogP contribution in [0.2, 0.25) is 10.0 Å². The summed E-state index contributed by atoms with van der Waals surface area (Å²) in [6.07, 6.45) is 0.736. The highest BCUT2D eigenvalue weighted by Crippen LogP contribution is 2.37. The van der Waals surface area contributed by atoms with Gasteiger partial charge in [-0.3, -0.25) is 0 Å². The van der Waals surface area contributed by atoms with E-state index in [2.05, 4.69) is 20.9 Å². The minimum Gasteiger partial charge on any atom is -0.439 e. The van der Waals surface area contributed by atoms with Crippen molar-refractivity contribution >= 4 is 50.2 Å². The highest BCUT2D eigenvalue weighted by molar-refractivity contribution is 9.10. The van der Waals surface area contributed by atoms with E-state index in [9.17, 15) is 0 Å². The van der Waals surface area contributed by atoms with Gasteiger partial charge in [0.2, 0.25) is 0 Å². The van der Waals surface area contributed by atoms with Crippen molar-refractivity contribution in [1.82, 2.24) is 4.98 Å². The van der Waals surface area contributed by atoms with E-state index in [-0.39, 0.29) is 0 Å². The summed E-state index contributed by atoms with van der Waals surface area (Å²) in [5.74, 6) is 0.663. The Morgan fingerprint density at radius 2 is 2.14 bits per heavy atom. The fraction of sp³-hybridized carbons (Fsp3) is 0.222. The van der Waals surface area contributed by atoms with E-state index in [1.807, 2.05) is 6.92 Å². The number of halogens is 3. The van der Waals surface area contributed by atoms with Crippen LogP contribution in [-0.2, 0) is 6.42 Å². The van der Waals surface area contributed by atoms with E-state index >= 15 is 0 Å². The molecule has 2 rings (SSSR count). The molecule has 0 bridgehead atoms. The molecule has 5 heteroatoms. The summed E-state index contributed by atoms with van der Waals surface area (Å²) in [6, 6.07) is 1.80. The minimum atomic E-state index is 0.406. The van der Waals surface area contributed by atoms with E-state index in [1.54, 1.807) is 6.07 Å². The van der Waals surface area contributed by atoms with Crippen LogP contribution in [0.5, 0.6) is 0 Å². The maximum atomic E-state index is 6.01. The first-order valence-electron chi connectivity index (χ1n) is 4.06. The molecule has 0 spiro atoms. The van der Waals surface area contributed by atoms with Crippen LogP contribution in [0.4, 0.5) is 0 Å². The molecule has 2 nitrogen and oxygen atoms in total. The predicted molar refractivity (Wildman–Crippen MR) is 61.1 cm³/mol. The van der Waals surface area contributed by atoms with Crippen LogP contribution in [0.25, 0.3) is 11.1 Å². The van der Waals surface area contributed by atoms with Gasteiger partial charge in [0.1, 0.15) is 10.5 Å². The molecule has 0 aliphatic heterocycles. The summed E-state index contributed by atoms with van der Waals surface area (Å²) in [5, 5.41) is 0.862. The third-order valence-electron chi connectivity index (χ3n) is 1.87. The van der Waals surface area contributed by atoms with Gasteiger partial charge >= 0.3 is 0 Å². The Morgan fingerprint density at radius 3 is 2.79 bits per heavy atom. The fourth-order valence-corrected chi connectivity index (χ4v) is 2.08. The van der Waals surface area contributed by atoms with Gasteiger partial charge in [-0.1, -0.05) is 30.1 Å². The number of aromatic nitrogens is 1. The van der Waals surface area contributed by atoms with Crippen LogP contribution in [0.15, 0.2) is 15.0 Å². The second-order valence-corrected chi connectivity index (χ2v) is 4.41. The molecule has 1 aromatic heterocycles. The van der Waals surface area contributed by atoms with Crippen LogP contribution in [0.3, 0.4) is 0 Å². The third kappa shape index (κ3) is 1.53. The summed E-state index contributed by atoms with van der Waals surface area (Å²) >= 11 is 15.2. The zero-order chi connectivity index (χ0) is 10.3. The van der Waals surface area contributed by atoms with Gasteiger partial charge in [0.15, 0.2) is 11.5 Å². The second kappa shape index (κ2) is 3.72. The van der Waals surface area contributed by atoms with E-state index in [0.717, 1.165) is 16.4 Å². The Balaban J connectivity index is 2.81. The number of aryl methyl sites for hydroxylation is 1. The summed E-state index contributed by atoms with van der Waals surface area (Å²) in [7, 11) is 0. The van der Waals surface area contributed by atoms with Gasteiger partial charge in [-0.05, 0) is 22.0 Å². The molecule has 0 unspecified atom stereocenters. The molecule has 0 aliphatic carbocycles. The van der Waals surface area contributed by atoms with E-state index in [0.29, 0.717) is 21.5 Å². The van der Waals surface area contributed by atoms with Crippen LogP contribution in [0.1, 0.15) is 12.8 Å². The normalized spacial score (nSPS) is 11.1. The number of hydrogen-bond donors (Lipinski definition) is 0. The number of oxazole rings is 1. The van der Waals surface area contributed by atoms with Crippen molar-refractivity contribution in [2.75, 3.05) is 0 Å². The maximum absolute atomic E-state index is 6.01. The number of benzene rings is 1. The van der Waals surface area contributed by atoms with Gasteiger partial charge in [0.05, 0.1) is 5.02 Å². The number of rotatable bonds is 1. The average molecular weight is 295 g/mol. The lowest BCUT2D eigenvalue weighted by atomic mass is 10.3. The quantitative estimate of drug-likeness (QED) is 0.726. The van der Waals surface area contributed by atoms with E-state index in [1.165, 1.54) is 0 Å². The SMILES string of the molecule is CCc1nc2cc(Br)c(Cl)c(Cl)c2o1. The first kappa shape index (κ1) is 10.3. The van der Waals surface area contributed by atoms with Crippen molar-refractivity contribution in [2.24, 2.45) is 0 Å². The molecule has 0 N–H and O–H groups in total. The molecule has 0 fully saturated rings. The third-order valence-corrected chi connectivity index (χ3v) is 3.57. The molecule has 0 amide bonds. The number of hydrogen-bond acceptors (Lipinski definition) is 2. The minimum absolute atomic E-state index is 0.406. The highest BCUT2D eigenvalue weighted by atomic mass is 79.9. The summed E-state index contributed by atoms with van der Waals surface area (Å²) in [5.41, 5.74) is 1.28. The zero-order valence-electron chi connectivity index (χ0n) is 7.27. The molecular formula is C9H6BrCl2NO. The smallest absolute Gasteiger partial charge is 0.195 e. The first-order valence-corrected chi connectivity index (χ1v) is 5.61. The van der Waals surface area contributed by atoms with E-state index in [4.69, 9.17) is 27.6 Å². The Bertz CT molecular complexity index is 495. The van der Waals surface area contributed by atoms with Crippen molar-refractivity contribution in [3.05, 3.63) is 26.5 Å². The molecule has 74 valence electrons. The lowest BCUT2D eigenvalue weighted by Crippen LogP contribution is -1.76. The molecule has 2 aromatic rings. The zero-order valence-corrected chi connectivity index (χ0v) is 10.4. The summed E-state index contributed by atoms with van der Waals surface area (Å²) < 4.78 is 6.16. The molecule has 1 aromatic carbocycles. The van der Waals surface area contributed by atoms with Crippen LogP contribution in [0, 0.1) is 0 Å². The lowest BCUT2D eigenvalue weighted by Gasteiger charge is -1.97. The fourth-order valence-electron chi connectivity index (χ4n) is 1.17. The average Bonchev–Trinajstić information content (AvgIpc) is 2.57. The summed E-state index contributed by atoms with van der Waals surface area (Å²) in [6.45, 7) is 1.97. The van der Waals surface area contributed by atoms with Crippen molar-refractivity contribution in [3.8, 4) is 0 Å². The lowest BCUT2D eigenvalue weighted by molar-refractivity contribution is 0.538. The molecule has 14 heavy (non-hydrogen) atoms. The highest BCUT2D eigenvalue weighted by Gasteiger charge is 2.13. The Hall–Kier alpha value is -0.250. The Kier molecular flexibility index (Phi) is 2.73. The number of nitrogens with zero attached hydrogens (tertiary/aromatic N) is 1. The molecule has 0 radical (unpaired) electrons. The molecule has 0 saturated carbocycles. The predicted octanol–water partition coefficient (Wildman–Crippen LogP) is 4.46. The van der Waals surface area contributed by atoms with Gasteiger partial charge < -0.3 is 4.42 Å². The first-order chi connectivity index (χ1) is 6.63. The molecule has 0 saturated heterocycles. The molecule has 0 aliphatic rings. The van der Waals surface area contributed by atoms with Crippen LogP contribution in [-0.4, -0.2) is 4.98 Å². The molecular weight excluding hydrogens is 289 g/mol. The standard InChI is InChI=1S/C9H6BrCl2NO/c1-2-6-13-5-3-4(10)7(11)8(12)9(5)14-6/h3H,2H2,1H3. The van der Waals surface area contributed by atoms with Crippen molar-refractivity contribution < 1.29 is 4.42 Å². The monoisotopic (exact) mass is 293 g/mol. The topological polar surface area (TPSA) is 26.0 Å². The van der Waals surface area contributed by atoms with Crippen LogP contribution < -0.4 is 0 Å². The van der Waals surface area contributed by atoms with Crippen LogP contribution >= 0.6 is 39.1 Å². The van der Waals surface area contributed by atoms with Gasteiger partial charge in [0.25, 0.3) is 0 Å². The Morgan fingerprint density at radius 1 is 1.43 bits per heavy atom. The van der Waals surface area contributed by atoms with Crippen molar-refractivity contribution in [2.45, 2.75) is 13.3 Å². The maximum Gasteiger partial charge on any atom is 0.195 e.